The van der Waals surface area contributed by atoms with E-state index < -0.39 is 22.0 Å². The van der Waals surface area contributed by atoms with Crippen LogP contribution in [0, 0.1) is 0 Å². The Morgan fingerprint density at radius 2 is 2.07 bits per heavy atom. The van der Waals surface area contributed by atoms with E-state index in [4.69, 9.17) is 10.8 Å². The van der Waals surface area contributed by atoms with Gasteiger partial charge in [-0.15, -0.1) is 0 Å². The summed E-state index contributed by atoms with van der Waals surface area (Å²) in [5, 5.41) is 9.34. The molecule has 0 aliphatic heterocycles. The predicted octanol–water partition coefficient (Wildman–Crippen LogP) is -0.806. The number of nitrogens with two attached hydrogens (primary N) is 1. The maximum Gasteiger partial charge on any atom is 0.320 e. The molecule has 0 amide bonds. The van der Waals surface area contributed by atoms with E-state index >= 15 is 0 Å². The standard InChI is InChI=1S/C7H14N2O4S/c1-9(2)14(12,13)5-3-4-6(8)7(10)11/h3,5-6H,4,8H2,1-2H3,(H,10,11)/b5-3+. The molecule has 0 radical (unpaired) electrons. The Balaban J connectivity index is 4.28. The van der Waals surface area contributed by atoms with Gasteiger partial charge in [-0.3, -0.25) is 4.79 Å². The lowest BCUT2D eigenvalue weighted by atomic mass is 10.2. The highest BCUT2D eigenvalue weighted by molar-refractivity contribution is 7.91. The van der Waals surface area contributed by atoms with Crippen molar-refractivity contribution in [3.05, 3.63) is 11.5 Å². The SMILES string of the molecule is CN(C)S(=O)(=O)/C=C/CC(N)C(=O)O. The lowest BCUT2D eigenvalue weighted by Crippen LogP contribution is -2.29. The minimum absolute atomic E-state index is 0.0115. The van der Waals surface area contributed by atoms with Gasteiger partial charge in [-0.05, 0) is 6.42 Å². The van der Waals surface area contributed by atoms with Crippen molar-refractivity contribution in [2.45, 2.75) is 12.5 Å². The molecule has 7 heteroatoms. The van der Waals surface area contributed by atoms with Crippen molar-refractivity contribution >= 4 is 16.0 Å². The number of sulfonamides is 1. The molecule has 0 bridgehead atoms. The largest absolute Gasteiger partial charge is 0.480 e. The summed E-state index contributed by atoms with van der Waals surface area (Å²) < 4.78 is 23.3. The average molecular weight is 222 g/mol. The van der Waals surface area contributed by atoms with Crippen LogP contribution in [0.5, 0.6) is 0 Å². The number of nitrogens with zero attached hydrogens (tertiary/aromatic N) is 1. The van der Waals surface area contributed by atoms with Crippen LogP contribution in [0.4, 0.5) is 0 Å². The predicted molar refractivity (Wildman–Crippen MR) is 52.0 cm³/mol. The number of carbonyl (C=O) groups is 1. The van der Waals surface area contributed by atoms with Gasteiger partial charge in [-0.2, -0.15) is 0 Å². The minimum Gasteiger partial charge on any atom is -0.480 e. The summed E-state index contributed by atoms with van der Waals surface area (Å²) in [5.41, 5.74) is 5.16. The van der Waals surface area contributed by atoms with Crippen molar-refractivity contribution in [3.8, 4) is 0 Å². The first-order valence-corrected chi connectivity index (χ1v) is 5.35. The lowest BCUT2D eigenvalue weighted by molar-refractivity contribution is -0.138. The fraction of sp³-hybridized carbons (Fsp3) is 0.571. The Labute approximate surface area is 83.1 Å². The molecule has 0 aliphatic carbocycles. The molecule has 0 heterocycles. The number of hydrogen-bond acceptors (Lipinski definition) is 4. The van der Waals surface area contributed by atoms with Crippen molar-refractivity contribution in [2.75, 3.05) is 14.1 Å². The quantitative estimate of drug-likeness (QED) is 0.633. The van der Waals surface area contributed by atoms with Crippen LogP contribution in [-0.4, -0.2) is 43.9 Å². The third-order valence-electron chi connectivity index (χ3n) is 1.48. The van der Waals surface area contributed by atoms with Gasteiger partial charge in [-0.25, -0.2) is 12.7 Å². The second-order valence-electron chi connectivity index (χ2n) is 2.88. The van der Waals surface area contributed by atoms with Crippen molar-refractivity contribution < 1.29 is 18.3 Å². The molecule has 0 aromatic rings. The van der Waals surface area contributed by atoms with Crippen LogP contribution < -0.4 is 5.73 Å². The highest BCUT2D eigenvalue weighted by Gasteiger charge is 2.11. The molecule has 0 rings (SSSR count). The van der Waals surface area contributed by atoms with Crippen LogP contribution in [0.15, 0.2) is 11.5 Å². The number of carboxylic acids is 1. The van der Waals surface area contributed by atoms with E-state index in [0.29, 0.717) is 0 Å². The van der Waals surface area contributed by atoms with E-state index in [0.717, 1.165) is 9.71 Å². The molecule has 0 fully saturated rings. The highest BCUT2D eigenvalue weighted by atomic mass is 32.2. The summed E-state index contributed by atoms with van der Waals surface area (Å²) >= 11 is 0. The van der Waals surface area contributed by atoms with Crippen LogP contribution in [0.25, 0.3) is 0 Å². The molecule has 0 aromatic carbocycles. The fourth-order valence-electron chi connectivity index (χ4n) is 0.546. The van der Waals surface area contributed by atoms with Crippen molar-refractivity contribution in [3.63, 3.8) is 0 Å². The maximum atomic E-state index is 11.1. The van der Waals surface area contributed by atoms with Gasteiger partial charge in [0.2, 0.25) is 10.0 Å². The molecule has 3 N–H and O–H groups in total. The van der Waals surface area contributed by atoms with Gasteiger partial charge in [0, 0.05) is 19.5 Å². The smallest absolute Gasteiger partial charge is 0.320 e. The molecule has 0 saturated heterocycles. The fourth-order valence-corrected chi connectivity index (χ4v) is 1.14. The second-order valence-corrected chi connectivity index (χ2v) is 4.91. The Hall–Kier alpha value is -0.920. The van der Waals surface area contributed by atoms with E-state index in [-0.39, 0.29) is 6.42 Å². The van der Waals surface area contributed by atoms with Gasteiger partial charge in [-0.1, -0.05) is 6.08 Å². The molecule has 82 valence electrons. The minimum atomic E-state index is -3.42. The highest BCUT2D eigenvalue weighted by Crippen LogP contribution is 1.98. The van der Waals surface area contributed by atoms with Gasteiger partial charge >= 0.3 is 5.97 Å². The van der Waals surface area contributed by atoms with E-state index in [2.05, 4.69) is 0 Å². The maximum absolute atomic E-state index is 11.1. The lowest BCUT2D eigenvalue weighted by Gasteiger charge is -2.06. The summed E-state index contributed by atoms with van der Waals surface area (Å²) in [4.78, 5) is 10.3. The van der Waals surface area contributed by atoms with Gasteiger partial charge in [0.05, 0.1) is 0 Å². The van der Waals surface area contributed by atoms with Gasteiger partial charge in [0.15, 0.2) is 0 Å². The Bertz CT molecular complexity index is 321. The van der Waals surface area contributed by atoms with E-state index in [1.54, 1.807) is 0 Å². The molecule has 0 spiro atoms. The summed E-state index contributed by atoms with van der Waals surface area (Å²) in [7, 11) is -0.644. The Morgan fingerprint density at radius 3 is 2.43 bits per heavy atom. The van der Waals surface area contributed by atoms with Crippen molar-refractivity contribution in [1.82, 2.24) is 4.31 Å². The molecule has 1 atom stereocenters. The van der Waals surface area contributed by atoms with Gasteiger partial charge in [0.25, 0.3) is 0 Å². The third kappa shape index (κ3) is 4.35. The van der Waals surface area contributed by atoms with Gasteiger partial charge in [0.1, 0.15) is 6.04 Å². The van der Waals surface area contributed by atoms with E-state index in [9.17, 15) is 13.2 Å². The molecule has 6 nitrogen and oxygen atoms in total. The molecule has 0 aromatic heterocycles. The van der Waals surface area contributed by atoms with Crippen molar-refractivity contribution in [1.29, 1.82) is 0 Å². The Morgan fingerprint density at radius 1 is 1.57 bits per heavy atom. The van der Waals surface area contributed by atoms with Crippen LogP contribution in [-0.2, 0) is 14.8 Å². The first kappa shape index (κ1) is 13.1. The molecule has 0 aliphatic rings. The molecular weight excluding hydrogens is 208 g/mol. The molecule has 0 saturated carbocycles. The molecular formula is C7H14N2O4S. The van der Waals surface area contributed by atoms with E-state index in [1.807, 2.05) is 0 Å². The monoisotopic (exact) mass is 222 g/mol. The summed E-state index contributed by atoms with van der Waals surface area (Å²) in [6.07, 6.45) is 1.22. The normalized spacial score (nSPS) is 14.9. The summed E-state index contributed by atoms with van der Waals surface area (Å²) in [6.45, 7) is 0. The number of rotatable bonds is 5. The molecule has 14 heavy (non-hydrogen) atoms. The zero-order valence-electron chi connectivity index (χ0n) is 8.04. The summed E-state index contributed by atoms with van der Waals surface area (Å²) in [5.74, 6) is -1.16. The third-order valence-corrected chi connectivity index (χ3v) is 3.04. The average Bonchev–Trinajstić information content (AvgIpc) is 2.03. The van der Waals surface area contributed by atoms with E-state index in [1.165, 1.54) is 20.2 Å². The van der Waals surface area contributed by atoms with Crippen LogP contribution in [0.3, 0.4) is 0 Å². The van der Waals surface area contributed by atoms with Crippen LogP contribution in [0.1, 0.15) is 6.42 Å². The van der Waals surface area contributed by atoms with Gasteiger partial charge < -0.3 is 10.8 Å². The first-order valence-electron chi connectivity index (χ1n) is 3.85. The number of carboxylic acid groups (broad SMARTS) is 1. The molecule has 1 unspecified atom stereocenters. The topological polar surface area (TPSA) is 101 Å². The zero-order valence-corrected chi connectivity index (χ0v) is 8.86. The van der Waals surface area contributed by atoms with Crippen molar-refractivity contribution in [2.24, 2.45) is 5.73 Å². The first-order chi connectivity index (χ1) is 6.27. The van der Waals surface area contributed by atoms with Crippen LogP contribution >= 0.6 is 0 Å². The zero-order chi connectivity index (χ0) is 11.4. The number of aliphatic carboxylic acids is 1. The van der Waals surface area contributed by atoms with Crippen LogP contribution in [0.2, 0.25) is 0 Å². The Kier molecular flexibility index (Phi) is 4.75. The second kappa shape index (κ2) is 5.08. The summed E-state index contributed by atoms with van der Waals surface area (Å²) in [6, 6.07) is -1.07. The number of hydrogen-bond donors (Lipinski definition) is 2.